The SMILES string of the molecule is CCCCC(O)/C(C)=C/c1ccccc1. The van der Waals surface area contributed by atoms with E-state index in [0.717, 1.165) is 30.4 Å². The molecule has 0 aliphatic heterocycles. The van der Waals surface area contributed by atoms with Crippen molar-refractivity contribution in [1.29, 1.82) is 0 Å². The van der Waals surface area contributed by atoms with E-state index < -0.39 is 0 Å². The summed E-state index contributed by atoms with van der Waals surface area (Å²) in [5, 5.41) is 9.84. The zero-order chi connectivity index (χ0) is 11.1. The molecule has 0 radical (unpaired) electrons. The van der Waals surface area contributed by atoms with Gasteiger partial charge in [0.25, 0.3) is 0 Å². The van der Waals surface area contributed by atoms with E-state index in [1.165, 1.54) is 0 Å². The summed E-state index contributed by atoms with van der Waals surface area (Å²) < 4.78 is 0. The van der Waals surface area contributed by atoms with Crippen molar-refractivity contribution in [3.05, 3.63) is 41.5 Å². The molecule has 82 valence electrons. The lowest BCUT2D eigenvalue weighted by atomic mass is 10.0. The Morgan fingerprint density at radius 2 is 2.00 bits per heavy atom. The molecule has 0 aliphatic carbocycles. The highest BCUT2D eigenvalue weighted by atomic mass is 16.3. The quantitative estimate of drug-likeness (QED) is 0.776. The van der Waals surface area contributed by atoms with Crippen LogP contribution in [-0.2, 0) is 0 Å². The first kappa shape index (κ1) is 12.0. The summed E-state index contributed by atoms with van der Waals surface area (Å²) >= 11 is 0. The molecule has 0 spiro atoms. The molecule has 15 heavy (non-hydrogen) atoms. The van der Waals surface area contributed by atoms with Crippen LogP contribution < -0.4 is 0 Å². The van der Waals surface area contributed by atoms with Crippen LogP contribution in [0.5, 0.6) is 0 Å². The highest BCUT2D eigenvalue weighted by molar-refractivity contribution is 5.52. The van der Waals surface area contributed by atoms with Gasteiger partial charge in [-0.3, -0.25) is 0 Å². The molecule has 1 aromatic carbocycles. The van der Waals surface area contributed by atoms with Gasteiger partial charge >= 0.3 is 0 Å². The predicted octanol–water partition coefficient (Wildman–Crippen LogP) is 3.64. The van der Waals surface area contributed by atoms with Crippen LogP contribution in [0.15, 0.2) is 35.9 Å². The third-order valence-corrected chi connectivity index (χ3v) is 2.55. The van der Waals surface area contributed by atoms with E-state index in [4.69, 9.17) is 0 Å². The number of benzene rings is 1. The number of unbranched alkanes of at least 4 members (excludes halogenated alkanes) is 1. The van der Waals surface area contributed by atoms with Gasteiger partial charge in [-0.05, 0) is 24.5 Å². The zero-order valence-corrected chi connectivity index (χ0v) is 9.61. The molecule has 0 fully saturated rings. The molecule has 0 bridgehead atoms. The largest absolute Gasteiger partial charge is 0.389 e. The lowest BCUT2D eigenvalue weighted by Gasteiger charge is -2.10. The van der Waals surface area contributed by atoms with Gasteiger partial charge in [0.15, 0.2) is 0 Å². The predicted molar refractivity (Wildman–Crippen MR) is 65.6 cm³/mol. The minimum atomic E-state index is -0.287. The molecular weight excluding hydrogens is 184 g/mol. The first-order valence-corrected chi connectivity index (χ1v) is 5.65. The Morgan fingerprint density at radius 3 is 2.60 bits per heavy atom. The molecule has 0 saturated carbocycles. The van der Waals surface area contributed by atoms with Gasteiger partial charge in [0.05, 0.1) is 6.10 Å². The minimum absolute atomic E-state index is 0.287. The Morgan fingerprint density at radius 1 is 1.33 bits per heavy atom. The number of hydrogen-bond acceptors (Lipinski definition) is 1. The molecule has 0 aliphatic rings. The van der Waals surface area contributed by atoms with Crippen LogP contribution in [0.2, 0.25) is 0 Å². The van der Waals surface area contributed by atoms with Gasteiger partial charge in [-0.2, -0.15) is 0 Å². The van der Waals surface area contributed by atoms with E-state index in [2.05, 4.69) is 25.1 Å². The smallest absolute Gasteiger partial charge is 0.0750 e. The second-order valence-corrected chi connectivity index (χ2v) is 3.96. The highest BCUT2D eigenvalue weighted by Crippen LogP contribution is 2.13. The summed E-state index contributed by atoms with van der Waals surface area (Å²) in [7, 11) is 0. The number of aliphatic hydroxyl groups excluding tert-OH is 1. The Kier molecular flexibility index (Phi) is 5.13. The Bertz CT molecular complexity index is 300. The average molecular weight is 204 g/mol. The van der Waals surface area contributed by atoms with Crippen molar-refractivity contribution in [2.45, 2.75) is 39.2 Å². The fraction of sp³-hybridized carbons (Fsp3) is 0.429. The Balaban J connectivity index is 2.59. The minimum Gasteiger partial charge on any atom is -0.389 e. The van der Waals surface area contributed by atoms with E-state index in [1.54, 1.807) is 0 Å². The second kappa shape index (κ2) is 6.41. The van der Waals surface area contributed by atoms with Crippen molar-refractivity contribution in [3.8, 4) is 0 Å². The van der Waals surface area contributed by atoms with E-state index in [-0.39, 0.29) is 6.10 Å². The van der Waals surface area contributed by atoms with Gasteiger partial charge in [0, 0.05) is 0 Å². The number of rotatable bonds is 5. The molecule has 0 saturated heterocycles. The molecular formula is C14H20O. The summed E-state index contributed by atoms with van der Waals surface area (Å²) in [5.74, 6) is 0. The second-order valence-electron chi connectivity index (χ2n) is 3.96. The molecule has 1 nitrogen and oxygen atoms in total. The van der Waals surface area contributed by atoms with Crippen molar-refractivity contribution in [2.75, 3.05) is 0 Å². The maximum absolute atomic E-state index is 9.84. The summed E-state index contributed by atoms with van der Waals surface area (Å²) in [6.45, 7) is 4.14. The van der Waals surface area contributed by atoms with Crippen molar-refractivity contribution in [3.63, 3.8) is 0 Å². The third kappa shape index (κ3) is 4.30. The maximum Gasteiger partial charge on any atom is 0.0750 e. The van der Waals surface area contributed by atoms with Gasteiger partial charge < -0.3 is 5.11 Å². The fourth-order valence-corrected chi connectivity index (χ4v) is 1.53. The zero-order valence-electron chi connectivity index (χ0n) is 9.61. The monoisotopic (exact) mass is 204 g/mol. The van der Waals surface area contributed by atoms with E-state index >= 15 is 0 Å². The van der Waals surface area contributed by atoms with E-state index in [1.807, 2.05) is 25.1 Å². The molecule has 0 amide bonds. The highest BCUT2D eigenvalue weighted by Gasteiger charge is 2.04. The van der Waals surface area contributed by atoms with Crippen molar-refractivity contribution in [1.82, 2.24) is 0 Å². The van der Waals surface area contributed by atoms with Crippen LogP contribution in [-0.4, -0.2) is 11.2 Å². The lowest BCUT2D eigenvalue weighted by molar-refractivity contribution is 0.198. The van der Waals surface area contributed by atoms with Crippen molar-refractivity contribution >= 4 is 6.08 Å². The van der Waals surface area contributed by atoms with Crippen LogP contribution in [0.4, 0.5) is 0 Å². The summed E-state index contributed by atoms with van der Waals surface area (Å²) in [5.41, 5.74) is 2.21. The Labute approximate surface area is 92.5 Å². The van der Waals surface area contributed by atoms with E-state index in [9.17, 15) is 5.11 Å². The Hall–Kier alpha value is -1.08. The van der Waals surface area contributed by atoms with Gasteiger partial charge in [0.2, 0.25) is 0 Å². The summed E-state index contributed by atoms with van der Waals surface area (Å²) in [4.78, 5) is 0. The standard InChI is InChI=1S/C14H20O/c1-3-4-10-14(15)12(2)11-13-8-6-5-7-9-13/h5-9,11,14-15H,3-4,10H2,1-2H3/b12-11+. The average Bonchev–Trinajstić information content (AvgIpc) is 2.27. The van der Waals surface area contributed by atoms with Gasteiger partial charge in [-0.15, -0.1) is 0 Å². The molecule has 1 aromatic rings. The number of aliphatic hydroxyl groups is 1. The first-order chi connectivity index (χ1) is 7.24. The van der Waals surface area contributed by atoms with E-state index in [0.29, 0.717) is 0 Å². The fourth-order valence-electron chi connectivity index (χ4n) is 1.53. The van der Waals surface area contributed by atoms with Gasteiger partial charge in [-0.1, -0.05) is 56.2 Å². The topological polar surface area (TPSA) is 20.2 Å². The lowest BCUT2D eigenvalue weighted by Crippen LogP contribution is -2.07. The van der Waals surface area contributed by atoms with Crippen LogP contribution in [0.25, 0.3) is 6.08 Å². The molecule has 1 unspecified atom stereocenters. The molecule has 0 aromatic heterocycles. The van der Waals surface area contributed by atoms with Crippen LogP contribution in [0.3, 0.4) is 0 Å². The molecule has 1 N–H and O–H groups in total. The summed E-state index contributed by atoms with van der Waals surface area (Å²) in [6.07, 6.45) is 4.85. The maximum atomic E-state index is 9.84. The van der Waals surface area contributed by atoms with Gasteiger partial charge in [0.1, 0.15) is 0 Å². The summed E-state index contributed by atoms with van der Waals surface area (Å²) in [6, 6.07) is 10.1. The third-order valence-electron chi connectivity index (χ3n) is 2.55. The molecule has 1 rings (SSSR count). The van der Waals surface area contributed by atoms with Crippen molar-refractivity contribution in [2.24, 2.45) is 0 Å². The van der Waals surface area contributed by atoms with Crippen LogP contribution in [0.1, 0.15) is 38.7 Å². The van der Waals surface area contributed by atoms with Gasteiger partial charge in [-0.25, -0.2) is 0 Å². The normalized spacial score (nSPS) is 13.9. The van der Waals surface area contributed by atoms with Crippen LogP contribution >= 0.6 is 0 Å². The first-order valence-electron chi connectivity index (χ1n) is 5.65. The van der Waals surface area contributed by atoms with Crippen LogP contribution in [0, 0.1) is 0 Å². The van der Waals surface area contributed by atoms with Crippen molar-refractivity contribution < 1.29 is 5.11 Å². The molecule has 1 heteroatoms. The molecule has 0 heterocycles. The molecule has 1 atom stereocenters. The number of hydrogen-bond donors (Lipinski definition) is 1.